The number of imidazole rings is 1. The van der Waals surface area contributed by atoms with Crippen molar-refractivity contribution in [3.8, 4) is 5.82 Å². The zero-order valence-electron chi connectivity index (χ0n) is 11.1. The van der Waals surface area contributed by atoms with Gasteiger partial charge < -0.3 is 0 Å². The van der Waals surface area contributed by atoms with Crippen molar-refractivity contribution in [3.63, 3.8) is 0 Å². The topological polar surface area (TPSA) is 76.9 Å². The van der Waals surface area contributed by atoms with Crippen molar-refractivity contribution < 1.29 is 8.42 Å². The van der Waals surface area contributed by atoms with E-state index >= 15 is 0 Å². The molecular formula is C13H12N4O2S2. The van der Waals surface area contributed by atoms with Crippen LogP contribution >= 0.6 is 11.3 Å². The Balaban J connectivity index is 1.82. The third kappa shape index (κ3) is 2.96. The second-order valence-electron chi connectivity index (χ2n) is 4.35. The molecule has 0 aliphatic heterocycles. The van der Waals surface area contributed by atoms with E-state index in [-0.39, 0.29) is 0 Å². The molecule has 0 aliphatic carbocycles. The fourth-order valence-electron chi connectivity index (χ4n) is 1.76. The summed E-state index contributed by atoms with van der Waals surface area (Å²) in [6.45, 7) is 1.87. The minimum atomic E-state index is -3.55. The number of pyridine rings is 1. The first kappa shape index (κ1) is 13.8. The summed E-state index contributed by atoms with van der Waals surface area (Å²) >= 11 is 1.23. The Morgan fingerprint density at radius 3 is 2.67 bits per heavy atom. The normalized spacial score (nSPS) is 11.5. The molecule has 0 fully saturated rings. The second-order valence-corrected chi connectivity index (χ2v) is 7.54. The Hall–Kier alpha value is -2.19. The number of anilines is 1. The van der Waals surface area contributed by atoms with E-state index in [1.807, 2.05) is 6.92 Å². The summed E-state index contributed by atoms with van der Waals surface area (Å²) in [6.07, 6.45) is 6.52. The maximum absolute atomic E-state index is 12.2. The van der Waals surface area contributed by atoms with Gasteiger partial charge in [0.05, 0.1) is 11.9 Å². The van der Waals surface area contributed by atoms with Crippen molar-refractivity contribution in [2.24, 2.45) is 0 Å². The average molecular weight is 320 g/mol. The van der Waals surface area contributed by atoms with Gasteiger partial charge in [-0.05, 0) is 31.2 Å². The van der Waals surface area contributed by atoms with E-state index in [1.165, 1.54) is 17.5 Å². The van der Waals surface area contributed by atoms with Crippen molar-refractivity contribution in [2.45, 2.75) is 11.1 Å². The van der Waals surface area contributed by atoms with Crippen LogP contribution in [0, 0.1) is 6.92 Å². The molecule has 0 saturated carbocycles. The molecule has 8 heteroatoms. The number of nitrogens with zero attached hydrogens (tertiary/aromatic N) is 3. The third-order valence-corrected chi connectivity index (χ3v) is 5.62. The first-order valence-corrected chi connectivity index (χ1v) is 8.38. The smallest absolute Gasteiger partial charge is 0.271 e. The van der Waals surface area contributed by atoms with Crippen molar-refractivity contribution in [3.05, 3.63) is 54.1 Å². The summed E-state index contributed by atoms with van der Waals surface area (Å²) in [5, 5.41) is 0. The van der Waals surface area contributed by atoms with Gasteiger partial charge in [-0.15, -0.1) is 11.3 Å². The Morgan fingerprint density at radius 1 is 1.24 bits per heavy atom. The molecule has 3 aromatic rings. The van der Waals surface area contributed by atoms with Crippen molar-refractivity contribution in [1.29, 1.82) is 0 Å². The van der Waals surface area contributed by atoms with Gasteiger partial charge in [0.15, 0.2) is 0 Å². The van der Waals surface area contributed by atoms with E-state index in [0.717, 1.165) is 4.88 Å². The van der Waals surface area contributed by atoms with Crippen LogP contribution in [0.1, 0.15) is 4.88 Å². The minimum absolute atomic E-state index is 0.290. The van der Waals surface area contributed by atoms with Crippen LogP contribution in [0.3, 0.4) is 0 Å². The van der Waals surface area contributed by atoms with E-state index < -0.39 is 10.0 Å². The van der Waals surface area contributed by atoms with Crippen LogP contribution in [0.25, 0.3) is 5.82 Å². The minimum Gasteiger partial charge on any atom is -0.291 e. The van der Waals surface area contributed by atoms with Crippen LogP contribution in [0.4, 0.5) is 5.69 Å². The molecule has 3 aromatic heterocycles. The maximum Gasteiger partial charge on any atom is 0.271 e. The summed E-state index contributed by atoms with van der Waals surface area (Å²) in [4.78, 5) is 9.09. The van der Waals surface area contributed by atoms with Crippen LogP contribution < -0.4 is 4.72 Å². The lowest BCUT2D eigenvalue weighted by atomic mass is 10.4. The summed E-state index contributed by atoms with van der Waals surface area (Å²) < 4.78 is 28.9. The molecule has 0 saturated heterocycles. The first-order valence-electron chi connectivity index (χ1n) is 6.08. The Kier molecular flexibility index (Phi) is 3.48. The quantitative estimate of drug-likeness (QED) is 0.801. The van der Waals surface area contributed by atoms with Crippen LogP contribution in [-0.4, -0.2) is 23.0 Å². The van der Waals surface area contributed by atoms with Gasteiger partial charge in [0.2, 0.25) is 0 Å². The standard InChI is InChI=1S/C13H12N4O2S2/c1-10-2-5-13(20-10)21(18,19)16-11-3-4-12(15-8-11)17-7-6-14-9-17/h2-9,16H,1H3. The number of thiophene rings is 1. The maximum atomic E-state index is 12.2. The SMILES string of the molecule is Cc1ccc(S(=O)(=O)Nc2ccc(-n3ccnc3)nc2)s1. The zero-order valence-corrected chi connectivity index (χ0v) is 12.7. The number of aryl methyl sites for hydroxylation is 1. The molecule has 0 aromatic carbocycles. The average Bonchev–Trinajstić information content (AvgIpc) is 3.10. The summed E-state index contributed by atoms with van der Waals surface area (Å²) in [5.74, 6) is 0.669. The fraction of sp³-hybridized carbons (Fsp3) is 0.0769. The van der Waals surface area contributed by atoms with Gasteiger partial charge in [-0.3, -0.25) is 9.29 Å². The molecule has 3 heterocycles. The Bertz CT molecular complexity index is 837. The van der Waals surface area contributed by atoms with Crippen molar-refractivity contribution >= 4 is 27.0 Å². The summed E-state index contributed by atoms with van der Waals surface area (Å²) in [7, 11) is -3.55. The van der Waals surface area contributed by atoms with Crippen LogP contribution in [0.5, 0.6) is 0 Å². The van der Waals surface area contributed by atoms with Crippen molar-refractivity contribution in [1.82, 2.24) is 14.5 Å². The molecule has 0 amide bonds. The molecule has 0 atom stereocenters. The van der Waals surface area contributed by atoms with Gasteiger partial charge >= 0.3 is 0 Å². The van der Waals surface area contributed by atoms with Gasteiger partial charge in [-0.25, -0.2) is 18.4 Å². The number of hydrogen-bond donors (Lipinski definition) is 1. The number of hydrogen-bond acceptors (Lipinski definition) is 5. The lowest BCUT2D eigenvalue weighted by molar-refractivity contribution is 0.603. The predicted molar refractivity (Wildman–Crippen MR) is 81.2 cm³/mol. The Labute approximate surface area is 126 Å². The number of nitrogens with one attached hydrogen (secondary N) is 1. The molecule has 0 aliphatic rings. The third-order valence-electron chi connectivity index (χ3n) is 2.75. The van der Waals surface area contributed by atoms with E-state index in [0.29, 0.717) is 15.7 Å². The highest BCUT2D eigenvalue weighted by atomic mass is 32.2. The molecule has 6 nitrogen and oxygen atoms in total. The van der Waals surface area contributed by atoms with Gasteiger partial charge in [0, 0.05) is 17.3 Å². The molecule has 1 N–H and O–H groups in total. The van der Waals surface area contributed by atoms with E-state index in [1.54, 1.807) is 47.6 Å². The highest BCUT2D eigenvalue weighted by molar-refractivity contribution is 7.94. The van der Waals surface area contributed by atoms with E-state index in [2.05, 4.69) is 14.7 Å². The van der Waals surface area contributed by atoms with Crippen LogP contribution in [-0.2, 0) is 10.0 Å². The van der Waals surface area contributed by atoms with E-state index in [9.17, 15) is 8.42 Å². The van der Waals surface area contributed by atoms with Crippen LogP contribution in [0.15, 0.2) is 53.4 Å². The predicted octanol–water partition coefficient (Wildman–Crippen LogP) is 2.44. The van der Waals surface area contributed by atoms with Gasteiger partial charge in [0.25, 0.3) is 10.0 Å². The highest BCUT2D eigenvalue weighted by Crippen LogP contribution is 2.23. The molecule has 0 radical (unpaired) electrons. The number of aromatic nitrogens is 3. The van der Waals surface area contributed by atoms with Gasteiger partial charge in [-0.1, -0.05) is 0 Å². The Morgan fingerprint density at radius 2 is 2.10 bits per heavy atom. The molecule has 21 heavy (non-hydrogen) atoms. The molecule has 108 valence electrons. The molecule has 0 bridgehead atoms. The van der Waals surface area contributed by atoms with Gasteiger partial charge in [0.1, 0.15) is 16.4 Å². The molecule has 3 rings (SSSR count). The lowest BCUT2D eigenvalue weighted by Gasteiger charge is -2.07. The zero-order chi connectivity index (χ0) is 14.9. The summed E-state index contributed by atoms with van der Waals surface area (Å²) in [5.41, 5.74) is 0.421. The summed E-state index contributed by atoms with van der Waals surface area (Å²) in [6, 6.07) is 6.76. The molecular weight excluding hydrogens is 308 g/mol. The largest absolute Gasteiger partial charge is 0.291 e. The lowest BCUT2D eigenvalue weighted by Crippen LogP contribution is -2.11. The van der Waals surface area contributed by atoms with Crippen LogP contribution in [0.2, 0.25) is 0 Å². The van der Waals surface area contributed by atoms with Gasteiger partial charge in [-0.2, -0.15) is 0 Å². The van der Waals surface area contributed by atoms with Crippen molar-refractivity contribution in [2.75, 3.05) is 4.72 Å². The molecule has 0 unspecified atom stereocenters. The number of sulfonamides is 1. The number of rotatable bonds is 4. The van der Waals surface area contributed by atoms with E-state index in [4.69, 9.17) is 0 Å². The molecule has 0 spiro atoms. The first-order chi connectivity index (χ1) is 10.0. The monoisotopic (exact) mass is 320 g/mol. The highest BCUT2D eigenvalue weighted by Gasteiger charge is 2.16. The fourth-order valence-corrected chi connectivity index (χ4v) is 4.08. The second kappa shape index (κ2) is 5.30.